The zero-order chi connectivity index (χ0) is 16.7. The van der Waals surface area contributed by atoms with Crippen LogP contribution in [0.15, 0.2) is 53.7 Å². The summed E-state index contributed by atoms with van der Waals surface area (Å²) in [6.45, 7) is 7.81. The first-order valence-corrected chi connectivity index (χ1v) is 9.53. The van der Waals surface area contributed by atoms with E-state index in [1.807, 2.05) is 24.0 Å². The van der Waals surface area contributed by atoms with Gasteiger partial charge in [-0.05, 0) is 29.2 Å². The SMILES string of the molecule is CC(C)c1ccc([C@@H]2[C@H](c3ccccn3)N=C3S[C@@H](C)CN32)cc1. The molecule has 0 aliphatic carbocycles. The summed E-state index contributed by atoms with van der Waals surface area (Å²) in [5, 5.41) is 1.78. The topological polar surface area (TPSA) is 28.5 Å². The van der Waals surface area contributed by atoms with Crippen molar-refractivity contribution >= 4 is 16.9 Å². The molecule has 0 saturated carbocycles. The maximum atomic E-state index is 5.03. The number of hydrogen-bond acceptors (Lipinski definition) is 4. The molecule has 2 aliphatic rings. The van der Waals surface area contributed by atoms with Gasteiger partial charge in [-0.1, -0.05) is 62.9 Å². The van der Waals surface area contributed by atoms with Crippen LogP contribution in [0.4, 0.5) is 0 Å². The molecular weight excluding hydrogens is 314 g/mol. The Kier molecular flexibility index (Phi) is 4.09. The molecule has 24 heavy (non-hydrogen) atoms. The molecule has 3 heterocycles. The predicted molar refractivity (Wildman–Crippen MR) is 101 cm³/mol. The molecule has 0 unspecified atom stereocenters. The van der Waals surface area contributed by atoms with Gasteiger partial charge >= 0.3 is 0 Å². The van der Waals surface area contributed by atoms with E-state index in [0.29, 0.717) is 11.2 Å². The van der Waals surface area contributed by atoms with Gasteiger partial charge in [-0.2, -0.15) is 0 Å². The van der Waals surface area contributed by atoms with Crippen LogP contribution in [0.2, 0.25) is 0 Å². The smallest absolute Gasteiger partial charge is 0.160 e. The van der Waals surface area contributed by atoms with Crippen LogP contribution in [0.3, 0.4) is 0 Å². The monoisotopic (exact) mass is 337 g/mol. The quantitative estimate of drug-likeness (QED) is 0.806. The van der Waals surface area contributed by atoms with Gasteiger partial charge < -0.3 is 4.90 Å². The lowest BCUT2D eigenvalue weighted by molar-refractivity contribution is 0.321. The molecule has 1 fully saturated rings. The second kappa shape index (κ2) is 6.25. The maximum Gasteiger partial charge on any atom is 0.160 e. The fraction of sp³-hybridized carbons (Fsp3) is 0.400. The van der Waals surface area contributed by atoms with Crippen molar-refractivity contribution in [2.45, 2.75) is 44.0 Å². The lowest BCUT2D eigenvalue weighted by Crippen LogP contribution is -2.28. The third-order valence-electron chi connectivity index (χ3n) is 4.83. The van der Waals surface area contributed by atoms with E-state index in [-0.39, 0.29) is 12.1 Å². The third kappa shape index (κ3) is 2.73. The predicted octanol–water partition coefficient (Wildman–Crippen LogP) is 4.79. The second-order valence-electron chi connectivity index (χ2n) is 6.96. The van der Waals surface area contributed by atoms with Crippen molar-refractivity contribution in [2.24, 2.45) is 4.99 Å². The summed E-state index contributed by atoms with van der Waals surface area (Å²) < 4.78 is 0. The van der Waals surface area contributed by atoms with E-state index in [1.54, 1.807) is 0 Å². The highest BCUT2D eigenvalue weighted by atomic mass is 32.2. The first kappa shape index (κ1) is 15.7. The molecule has 1 aromatic heterocycles. The fourth-order valence-electron chi connectivity index (χ4n) is 3.56. The van der Waals surface area contributed by atoms with Gasteiger partial charge in [-0.15, -0.1) is 0 Å². The summed E-state index contributed by atoms with van der Waals surface area (Å²) in [7, 11) is 0. The molecule has 0 bridgehead atoms. The van der Waals surface area contributed by atoms with Crippen LogP contribution in [0, 0.1) is 0 Å². The second-order valence-corrected chi connectivity index (χ2v) is 8.36. The number of pyridine rings is 1. The summed E-state index contributed by atoms with van der Waals surface area (Å²) in [5.41, 5.74) is 3.78. The first-order chi connectivity index (χ1) is 11.6. The molecule has 2 aliphatic heterocycles. The normalized spacial score (nSPS) is 25.9. The van der Waals surface area contributed by atoms with E-state index in [1.165, 1.54) is 16.3 Å². The molecule has 4 heteroatoms. The molecule has 0 amide bonds. The van der Waals surface area contributed by atoms with Crippen molar-refractivity contribution in [2.75, 3.05) is 6.54 Å². The molecule has 4 rings (SSSR count). The summed E-state index contributed by atoms with van der Waals surface area (Å²) in [6.07, 6.45) is 1.87. The van der Waals surface area contributed by atoms with E-state index >= 15 is 0 Å². The number of thioether (sulfide) groups is 1. The van der Waals surface area contributed by atoms with E-state index in [2.05, 4.69) is 67.1 Å². The van der Waals surface area contributed by atoms with E-state index in [0.717, 1.165) is 12.2 Å². The third-order valence-corrected chi connectivity index (χ3v) is 5.93. The minimum absolute atomic E-state index is 0.0890. The van der Waals surface area contributed by atoms with Gasteiger partial charge in [0.2, 0.25) is 0 Å². The fourth-order valence-corrected chi connectivity index (χ4v) is 4.65. The number of benzene rings is 1. The Morgan fingerprint density at radius 1 is 1.12 bits per heavy atom. The first-order valence-electron chi connectivity index (χ1n) is 8.65. The van der Waals surface area contributed by atoms with Crippen molar-refractivity contribution in [1.29, 1.82) is 0 Å². The molecule has 1 aromatic carbocycles. The molecule has 3 nitrogen and oxygen atoms in total. The molecule has 0 N–H and O–H groups in total. The molecule has 2 aromatic rings. The van der Waals surface area contributed by atoms with E-state index in [9.17, 15) is 0 Å². The number of amidine groups is 1. The average molecular weight is 337 g/mol. The van der Waals surface area contributed by atoms with Crippen LogP contribution >= 0.6 is 11.8 Å². The Morgan fingerprint density at radius 3 is 2.58 bits per heavy atom. The van der Waals surface area contributed by atoms with E-state index < -0.39 is 0 Å². The van der Waals surface area contributed by atoms with Gasteiger partial charge in [0.05, 0.1) is 11.7 Å². The highest BCUT2D eigenvalue weighted by molar-refractivity contribution is 8.14. The summed E-state index contributed by atoms with van der Waals surface area (Å²) in [5.74, 6) is 0.559. The number of fused-ring (bicyclic) bond motifs is 1. The summed E-state index contributed by atoms with van der Waals surface area (Å²) >= 11 is 1.89. The summed E-state index contributed by atoms with van der Waals surface area (Å²) in [4.78, 5) is 12.1. The minimum atomic E-state index is 0.0890. The van der Waals surface area contributed by atoms with Gasteiger partial charge in [0.15, 0.2) is 5.17 Å². The zero-order valence-corrected chi connectivity index (χ0v) is 15.2. The molecule has 124 valence electrons. The number of aliphatic imine (C=N–C) groups is 1. The standard InChI is InChI=1S/C20H23N3S/c1-13(2)15-7-9-16(10-8-15)19-18(17-6-4-5-11-21-17)22-20-23(19)12-14(3)24-20/h4-11,13-14,18-19H,12H2,1-3H3/t14-,18-,19+/m0/s1. The maximum absolute atomic E-state index is 5.03. The van der Waals surface area contributed by atoms with Crippen LogP contribution in [-0.4, -0.2) is 26.8 Å². The van der Waals surface area contributed by atoms with Crippen LogP contribution in [0.1, 0.15) is 55.6 Å². The lowest BCUT2D eigenvalue weighted by Gasteiger charge is -2.27. The van der Waals surface area contributed by atoms with Crippen LogP contribution < -0.4 is 0 Å². The Hall–Kier alpha value is -1.81. The molecular formula is C20H23N3S. The average Bonchev–Trinajstić information content (AvgIpc) is 3.11. The highest BCUT2D eigenvalue weighted by Gasteiger charge is 2.43. The number of rotatable bonds is 3. The van der Waals surface area contributed by atoms with Crippen LogP contribution in [0.5, 0.6) is 0 Å². The Bertz CT molecular complexity index is 739. The highest BCUT2D eigenvalue weighted by Crippen LogP contribution is 2.47. The number of hydrogen-bond donors (Lipinski definition) is 0. The lowest BCUT2D eigenvalue weighted by atomic mass is 9.94. The van der Waals surface area contributed by atoms with Gasteiger partial charge in [0.25, 0.3) is 0 Å². The van der Waals surface area contributed by atoms with Crippen molar-refractivity contribution in [3.8, 4) is 0 Å². The van der Waals surface area contributed by atoms with Crippen molar-refractivity contribution in [3.05, 3.63) is 65.5 Å². The molecule has 0 spiro atoms. The van der Waals surface area contributed by atoms with Crippen LogP contribution in [-0.2, 0) is 0 Å². The Balaban J connectivity index is 1.72. The number of nitrogens with zero attached hydrogens (tertiary/aromatic N) is 3. The van der Waals surface area contributed by atoms with Gasteiger partial charge in [-0.25, -0.2) is 0 Å². The van der Waals surface area contributed by atoms with E-state index in [4.69, 9.17) is 4.99 Å². The van der Waals surface area contributed by atoms with Gasteiger partial charge in [-0.3, -0.25) is 9.98 Å². The van der Waals surface area contributed by atoms with Gasteiger partial charge in [0.1, 0.15) is 6.04 Å². The van der Waals surface area contributed by atoms with Crippen molar-refractivity contribution < 1.29 is 0 Å². The summed E-state index contributed by atoms with van der Waals surface area (Å²) in [6, 6.07) is 15.6. The zero-order valence-electron chi connectivity index (χ0n) is 14.4. The Labute approximate surface area is 148 Å². The largest absolute Gasteiger partial charge is 0.341 e. The number of aromatic nitrogens is 1. The van der Waals surface area contributed by atoms with Crippen molar-refractivity contribution in [1.82, 2.24) is 9.88 Å². The molecule has 3 atom stereocenters. The van der Waals surface area contributed by atoms with Gasteiger partial charge in [0, 0.05) is 18.0 Å². The Morgan fingerprint density at radius 2 is 1.92 bits per heavy atom. The van der Waals surface area contributed by atoms with Crippen LogP contribution in [0.25, 0.3) is 0 Å². The molecule has 1 saturated heterocycles. The minimum Gasteiger partial charge on any atom is -0.341 e. The molecule has 0 radical (unpaired) electrons. The van der Waals surface area contributed by atoms with Crippen molar-refractivity contribution in [3.63, 3.8) is 0 Å².